The standard InChI is InChI=1S/C15H18Cl2N2O3/c16-11-3-4-13(12(17)8-11)22-7-1-6-18-15(21)10-2-5-14(20)19-9-10/h3-4,8,10H,1-2,5-7,9H2,(H,18,21)(H,19,20)/t10-/m0/s1. The van der Waals surface area contributed by atoms with Crippen LogP contribution >= 0.6 is 23.2 Å². The van der Waals surface area contributed by atoms with Gasteiger partial charge in [-0.1, -0.05) is 23.2 Å². The molecule has 0 saturated carbocycles. The number of carbonyl (C=O) groups excluding carboxylic acids is 2. The minimum absolute atomic E-state index is 0.0114. The highest BCUT2D eigenvalue weighted by Gasteiger charge is 2.23. The van der Waals surface area contributed by atoms with E-state index in [2.05, 4.69) is 10.6 Å². The van der Waals surface area contributed by atoms with Crippen molar-refractivity contribution in [1.82, 2.24) is 10.6 Å². The predicted molar refractivity (Wildman–Crippen MR) is 85.3 cm³/mol. The minimum atomic E-state index is -0.135. The number of hydrogen-bond donors (Lipinski definition) is 2. The van der Waals surface area contributed by atoms with Crippen LogP contribution in [0.5, 0.6) is 5.75 Å². The number of benzene rings is 1. The third-order valence-corrected chi connectivity index (χ3v) is 3.94. The van der Waals surface area contributed by atoms with E-state index in [0.29, 0.717) is 54.8 Å². The summed E-state index contributed by atoms with van der Waals surface area (Å²) in [6.45, 7) is 1.39. The highest BCUT2D eigenvalue weighted by Crippen LogP contribution is 2.27. The fourth-order valence-electron chi connectivity index (χ4n) is 2.16. The molecule has 1 heterocycles. The summed E-state index contributed by atoms with van der Waals surface area (Å²) in [5.41, 5.74) is 0. The van der Waals surface area contributed by atoms with Gasteiger partial charge in [0.2, 0.25) is 11.8 Å². The Balaban J connectivity index is 1.62. The Morgan fingerprint density at radius 3 is 2.91 bits per heavy atom. The molecule has 0 bridgehead atoms. The fraction of sp³-hybridized carbons (Fsp3) is 0.467. The lowest BCUT2D eigenvalue weighted by molar-refractivity contribution is -0.128. The molecule has 0 spiro atoms. The molecule has 1 aromatic rings. The maximum Gasteiger partial charge on any atom is 0.224 e. The second-order valence-corrected chi connectivity index (χ2v) is 5.95. The van der Waals surface area contributed by atoms with Gasteiger partial charge in [0.15, 0.2) is 0 Å². The second kappa shape index (κ2) is 8.25. The van der Waals surface area contributed by atoms with Gasteiger partial charge in [-0.25, -0.2) is 0 Å². The van der Waals surface area contributed by atoms with Crippen molar-refractivity contribution in [3.8, 4) is 5.75 Å². The molecule has 2 N–H and O–H groups in total. The van der Waals surface area contributed by atoms with Crippen molar-refractivity contribution in [1.29, 1.82) is 0 Å². The van der Waals surface area contributed by atoms with Gasteiger partial charge in [0.05, 0.1) is 17.5 Å². The Morgan fingerprint density at radius 2 is 2.23 bits per heavy atom. The van der Waals surface area contributed by atoms with Crippen LogP contribution < -0.4 is 15.4 Å². The van der Waals surface area contributed by atoms with Crippen molar-refractivity contribution in [2.45, 2.75) is 19.3 Å². The first kappa shape index (κ1) is 16.9. The van der Waals surface area contributed by atoms with Crippen LogP contribution in [0.15, 0.2) is 18.2 Å². The monoisotopic (exact) mass is 344 g/mol. The topological polar surface area (TPSA) is 67.4 Å². The normalized spacial score (nSPS) is 17.7. The molecule has 5 nitrogen and oxygen atoms in total. The van der Waals surface area contributed by atoms with Crippen molar-refractivity contribution in [2.24, 2.45) is 5.92 Å². The molecular formula is C15H18Cl2N2O3. The van der Waals surface area contributed by atoms with Crippen LogP contribution in [-0.4, -0.2) is 31.5 Å². The van der Waals surface area contributed by atoms with Crippen molar-refractivity contribution in [3.05, 3.63) is 28.2 Å². The highest BCUT2D eigenvalue weighted by atomic mass is 35.5. The average molecular weight is 345 g/mol. The zero-order valence-corrected chi connectivity index (χ0v) is 13.5. The molecule has 7 heteroatoms. The van der Waals surface area contributed by atoms with Gasteiger partial charge >= 0.3 is 0 Å². The average Bonchev–Trinajstić information content (AvgIpc) is 2.49. The summed E-state index contributed by atoms with van der Waals surface area (Å²) in [5.74, 6) is 0.429. The molecule has 22 heavy (non-hydrogen) atoms. The summed E-state index contributed by atoms with van der Waals surface area (Å²) in [4.78, 5) is 22.9. The van der Waals surface area contributed by atoms with Gasteiger partial charge in [-0.05, 0) is 31.0 Å². The van der Waals surface area contributed by atoms with Crippen molar-refractivity contribution >= 4 is 35.0 Å². The molecule has 0 aliphatic carbocycles. The fourth-order valence-corrected chi connectivity index (χ4v) is 2.62. The number of halogens is 2. The van der Waals surface area contributed by atoms with Crippen LogP contribution in [0.4, 0.5) is 0 Å². The quantitative estimate of drug-likeness (QED) is 0.778. The molecule has 2 rings (SSSR count). The predicted octanol–water partition coefficient (Wildman–Crippen LogP) is 2.40. The molecule has 1 aliphatic rings. The Kier molecular flexibility index (Phi) is 6.34. The SMILES string of the molecule is O=C1CC[C@H](C(=O)NCCCOc2ccc(Cl)cc2Cl)CN1. The Labute approximate surface area is 139 Å². The number of nitrogens with one attached hydrogen (secondary N) is 2. The minimum Gasteiger partial charge on any atom is -0.492 e. The lowest BCUT2D eigenvalue weighted by Crippen LogP contribution is -2.43. The van der Waals surface area contributed by atoms with E-state index >= 15 is 0 Å². The molecule has 1 saturated heterocycles. The van der Waals surface area contributed by atoms with Crippen molar-refractivity contribution < 1.29 is 14.3 Å². The molecule has 2 amide bonds. The van der Waals surface area contributed by atoms with Crippen LogP contribution in [-0.2, 0) is 9.59 Å². The van der Waals surface area contributed by atoms with E-state index in [9.17, 15) is 9.59 Å². The van der Waals surface area contributed by atoms with Gasteiger partial charge in [-0.2, -0.15) is 0 Å². The third-order valence-electron chi connectivity index (χ3n) is 3.41. The highest BCUT2D eigenvalue weighted by molar-refractivity contribution is 6.35. The second-order valence-electron chi connectivity index (χ2n) is 5.11. The van der Waals surface area contributed by atoms with Crippen LogP contribution in [0.3, 0.4) is 0 Å². The number of piperidine rings is 1. The largest absolute Gasteiger partial charge is 0.492 e. The Hall–Kier alpha value is -1.46. The summed E-state index contributed by atoms with van der Waals surface area (Å²) < 4.78 is 5.53. The first-order valence-corrected chi connectivity index (χ1v) is 7.94. The lowest BCUT2D eigenvalue weighted by atomic mass is 9.98. The molecular weight excluding hydrogens is 327 g/mol. The Morgan fingerprint density at radius 1 is 1.41 bits per heavy atom. The third kappa shape index (κ3) is 5.07. The molecule has 120 valence electrons. The zero-order chi connectivity index (χ0) is 15.9. The maximum absolute atomic E-state index is 11.9. The summed E-state index contributed by atoms with van der Waals surface area (Å²) in [7, 11) is 0. The van der Waals surface area contributed by atoms with E-state index in [4.69, 9.17) is 27.9 Å². The van der Waals surface area contributed by atoms with E-state index in [1.54, 1.807) is 18.2 Å². The van der Waals surface area contributed by atoms with Gasteiger partial charge in [-0.15, -0.1) is 0 Å². The van der Waals surface area contributed by atoms with E-state index in [0.717, 1.165) is 0 Å². The lowest BCUT2D eigenvalue weighted by Gasteiger charge is -2.21. The van der Waals surface area contributed by atoms with Crippen molar-refractivity contribution in [2.75, 3.05) is 19.7 Å². The molecule has 1 aromatic carbocycles. The molecule has 1 aliphatic heterocycles. The number of hydrogen-bond acceptors (Lipinski definition) is 3. The summed E-state index contributed by atoms with van der Waals surface area (Å²) >= 11 is 11.8. The van der Waals surface area contributed by atoms with Gasteiger partial charge in [-0.3, -0.25) is 9.59 Å². The van der Waals surface area contributed by atoms with Gasteiger partial charge < -0.3 is 15.4 Å². The van der Waals surface area contributed by atoms with Gasteiger partial charge in [0, 0.05) is 24.5 Å². The van der Waals surface area contributed by atoms with Crippen LogP contribution in [0.2, 0.25) is 10.0 Å². The molecule has 1 fully saturated rings. The smallest absolute Gasteiger partial charge is 0.224 e. The number of ether oxygens (including phenoxy) is 1. The first-order chi connectivity index (χ1) is 10.6. The Bertz CT molecular complexity index is 542. The molecule has 0 aromatic heterocycles. The summed E-state index contributed by atoms with van der Waals surface area (Å²) in [6.07, 6.45) is 1.69. The van der Waals surface area contributed by atoms with Crippen LogP contribution in [0.25, 0.3) is 0 Å². The van der Waals surface area contributed by atoms with Crippen LogP contribution in [0.1, 0.15) is 19.3 Å². The zero-order valence-electron chi connectivity index (χ0n) is 12.0. The molecule has 0 unspecified atom stereocenters. The first-order valence-electron chi connectivity index (χ1n) is 7.18. The molecule has 0 radical (unpaired) electrons. The van der Waals surface area contributed by atoms with Crippen LogP contribution in [0, 0.1) is 5.92 Å². The number of amides is 2. The van der Waals surface area contributed by atoms with E-state index in [-0.39, 0.29) is 17.7 Å². The van der Waals surface area contributed by atoms with Crippen molar-refractivity contribution in [3.63, 3.8) is 0 Å². The van der Waals surface area contributed by atoms with Gasteiger partial charge in [0.1, 0.15) is 5.75 Å². The maximum atomic E-state index is 11.9. The van der Waals surface area contributed by atoms with E-state index in [1.807, 2.05) is 0 Å². The van der Waals surface area contributed by atoms with E-state index < -0.39 is 0 Å². The number of rotatable bonds is 6. The van der Waals surface area contributed by atoms with Gasteiger partial charge in [0.25, 0.3) is 0 Å². The summed E-state index contributed by atoms with van der Waals surface area (Å²) in [5, 5.41) is 6.58. The van der Waals surface area contributed by atoms with E-state index in [1.165, 1.54) is 0 Å². The summed E-state index contributed by atoms with van der Waals surface area (Å²) in [6, 6.07) is 5.05. The number of carbonyl (C=O) groups is 2. The molecule has 1 atom stereocenters.